The molecule has 0 fully saturated rings. The highest BCUT2D eigenvalue weighted by Crippen LogP contribution is 2.07. The lowest BCUT2D eigenvalue weighted by Gasteiger charge is -2.01. The summed E-state index contributed by atoms with van der Waals surface area (Å²) in [4.78, 5) is 3.35. The summed E-state index contributed by atoms with van der Waals surface area (Å²) >= 11 is 5.51. The predicted octanol–water partition coefficient (Wildman–Crippen LogP) is 1.67. The van der Waals surface area contributed by atoms with Crippen LogP contribution >= 0.6 is 11.6 Å². The van der Waals surface area contributed by atoms with Gasteiger partial charge in [-0.25, -0.2) is 0 Å². The Labute approximate surface area is 68.7 Å². The highest BCUT2D eigenvalue weighted by molar-refractivity contribution is 6.28. The lowest BCUT2D eigenvalue weighted by atomic mass is 10.8. The van der Waals surface area contributed by atoms with Gasteiger partial charge in [0.15, 0.2) is 0 Å². The van der Waals surface area contributed by atoms with Gasteiger partial charge in [-0.05, 0) is 18.5 Å². The molecule has 1 aromatic heterocycles. The summed E-state index contributed by atoms with van der Waals surface area (Å²) in [7, 11) is 0. The first-order chi connectivity index (χ1) is 5.24. The molecule has 0 aliphatic heterocycles. The summed E-state index contributed by atoms with van der Waals surface area (Å²) in [6.45, 7) is 2.66. The van der Waals surface area contributed by atoms with E-state index in [4.69, 9.17) is 16.3 Å². The second-order valence-corrected chi connectivity index (χ2v) is 2.26. The predicted molar refractivity (Wildman–Crippen MR) is 38.8 cm³/mol. The van der Waals surface area contributed by atoms with E-state index in [9.17, 15) is 4.39 Å². The van der Waals surface area contributed by atoms with Crippen molar-refractivity contribution in [1.29, 1.82) is 0 Å². The first-order valence-electron chi connectivity index (χ1n) is 3.20. The molecule has 0 aliphatic carbocycles. The van der Waals surface area contributed by atoms with Gasteiger partial charge in [-0.1, -0.05) is 0 Å². The molecule has 0 aromatic carbocycles. The molecule has 1 aromatic rings. The number of aromatic nitrogens is 2. The molecule has 0 spiro atoms. The van der Waals surface area contributed by atoms with Gasteiger partial charge in [-0.3, -0.25) is 4.57 Å². The van der Waals surface area contributed by atoms with Crippen molar-refractivity contribution in [2.24, 2.45) is 0 Å². The first-order valence-corrected chi connectivity index (χ1v) is 3.57. The second kappa shape index (κ2) is 3.69. The maximum atomic E-state index is 12.3. The fourth-order valence-electron chi connectivity index (χ4n) is 0.643. The molecule has 0 aliphatic rings. The number of nitrogens with zero attached hydrogens (tertiary/aromatic N) is 2. The molecule has 0 bridgehead atoms. The van der Waals surface area contributed by atoms with Gasteiger partial charge in [0.1, 0.15) is 6.73 Å². The Hall–Kier alpha value is -0.610. The second-order valence-electron chi connectivity index (χ2n) is 1.92. The van der Waals surface area contributed by atoms with Gasteiger partial charge in [-0.2, -0.15) is 9.37 Å². The lowest BCUT2D eigenvalue weighted by Crippen LogP contribution is -2.00. The third-order valence-corrected chi connectivity index (χ3v) is 1.43. The molecule has 0 unspecified atom stereocenters. The van der Waals surface area contributed by atoms with Crippen LogP contribution in [0.4, 0.5) is 4.39 Å². The van der Waals surface area contributed by atoms with E-state index < -0.39 is 5.95 Å². The van der Waals surface area contributed by atoms with Crippen LogP contribution < -0.4 is 0 Å². The Balaban J connectivity index is 2.62. The highest BCUT2D eigenvalue weighted by Gasteiger charge is 2.03. The van der Waals surface area contributed by atoms with E-state index in [1.54, 1.807) is 0 Å². The summed E-state index contributed by atoms with van der Waals surface area (Å²) < 4.78 is 18.7. The Morgan fingerprint density at radius 1 is 1.82 bits per heavy atom. The minimum absolute atomic E-state index is 0.107. The Morgan fingerprint density at radius 2 is 2.55 bits per heavy atom. The number of ether oxygens (including phenoxy) is 1. The molecule has 3 nitrogen and oxygen atoms in total. The van der Waals surface area contributed by atoms with Crippen LogP contribution in [-0.2, 0) is 11.5 Å². The van der Waals surface area contributed by atoms with Crippen LogP contribution in [-0.4, -0.2) is 16.2 Å². The SMILES string of the molecule is CCOCn1cc(F)nc1Cl. The summed E-state index contributed by atoms with van der Waals surface area (Å²) in [5.41, 5.74) is 0. The van der Waals surface area contributed by atoms with Gasteiger partial charge in [0, 0.05) is 6.61 Å². The Morgan fingerprint density at radius 3 is 3.00 bits per heavy atom. The van der Waals surface area contributed by atoms with Gasteiger partial charge in [0.2, 0.25) is 11.2 Å². The van der Waals surface area contributed by atoms with Gasteiger partial charge in [0.05, 0.1) is 6.20 Å². The zero-order valence-corrected chi connectivity index (χ0v) is 6.81. The maximum Gasteiger partial charge on any atom is 0.232 e. The standard InChI is InChI=1S/C6H8ClFN2O/c1-2-11-4-10-3-5(8)9-6(10)7/h3H,2,4H2,1H3. The van der Waals surface area contributed by atoms with Crippen molar-refractivity contribution in [1.82, 2.24) is 9.55 Å². The Kier molecular flexibility index (Phi) is 2.84. The van der Waals surface area contributed by atoms with Crippen molar-refractivity contribution in [2.45, 2.75) is 13.7 Å². The van der Waals surface area contributed by atoms with E-state index in [2.05, 4.69) is 4.98 Å². The molecule has 0 amide bonds. The summed E-state index contributed by atoms with van der Waals surface area (Å²) in [6.07, 6.45) is 1.19. The molecular weight excluding hydrogens is 171 g/mol. The average molecular weight is 179 g/mol. The summed E-state index contributed by atoms with van der Waals surface area (Å²) in [5, 5.41) is 0.107. The van der Waals surface area contributed by atoms with Crippen molar-refractivity contribution in [2.75, 3.05) is 6.61 Å². The molecule has 62 valence electrons. The first kappa shape index (κ1) is 8.49. The molecule has 0 radical (unpaired) electrons. The van der Waals surface area contributed by atoms with Gasteiger partial charge < -0.3 is 4.74 Å². The maximum absolute atomic E-state index is 12.3. The van der Waals surface area contributed by atoms with Crippen molar-refractivity contribution >= 4 is 11.6 Å². The third kappa shape index (κ3) is 2.17. The lowest BCUT2D eigenvalue weighted by molar-refractivity contribution is 0.0877. The van der Waals surface area contributed by atoms with Crippen molar-refractivity contribution in [3.63, 3.8) is 0 Å². The van der Waals surface area contributed by atoms with Crippen LogP contribution in [0.1, 0.15) is 6.92 Å². The van der Waals surface area contributed by atoms with E-state index in [0.29, 0.717) is 6.61 Å². The summed E-state index contributed by atoms with van der Waals surface area (Å²) in [6, 6.07) is 0. The van der Waals surface area contributed by atoms with E-state index in [-0.39, 0.29) is 12.0 Å². The van der Waals surface area contributed by atoms with Crippen LogP contribution in [0.5, 0.6) is 0 Å². The summed E-state index contributed by atoms with van der Waals surface area (Å²) in [5.74, 6) is -0.588. The normalized spacial score (nSPS) is 10.5. The minimum atomic E-state index is -0.588. The Bertz CT molecular complexity index is 238. The fraction of sp³-hybridized carbons (Fsp3) is 0.500. The topological polar surface area (TPSA) is 27.1 Å². The molecule has 5 heteroatoms. The number of imidazole rings is 1. The molecule has 0 saturated heterocycles. The van der Waals surface area contributed by atoms with Crippen LogP contribution in [0.25, 0.3) is 0 Å². The molecule has 0 saturated carbocycles. The third-order valence-electron chi connectivity index (χ3n) is 1.13. The van der Waals surface area contributed by atoms with Gasteiger partial charge >= 0.3 is 0 Å². The number of hydrogen-bond donors (Lipinski definition) is 0. The van der Waals surface area contributed by atoms with Crippen LogP contribution in [0, 0.1) is 5.95 Å². The fourth-order valence-corrected chi connectivity index (χ4v) is 0.822. The molecule has 11 heavy (non-hydrogen) atoms. The molecule has 0 N–H and O–H groups in total. The van der Waals surface area contributed by atoms with Gasteiger partial charge in [0.25, 0.3) is 0 Å². The van der Waals surface area contributed by atoms with Crippen molar-refractivity contribution in [3.8, 4) is 0 Å². The average Bonchev–Trinajstić information content (AvgIpc) is 2.26. The van der Waals surface area contributed by atoms with Crippen LogP contribution in [0.15, 0.2) is 6.20 Å². The van der Waals surface area contributed by atoms with E-state index in [1.807, 2.05) is 6.92 Å². The molecule has 1 rings (SSSR count). The van der Waals surface area contributed by atoms with E-state index in [1.165, 1.54) is 10.8 Å². The largest absolute Gasteiger partial charge is 0.361 e. The number of hydrogen-bond acceptors (Lipinski definition) is 2. The smallest absolute Gasteiger partial charge is 0.232 e. The van der Waals surface area contributed by atoms with Crippen molar-refractivity contribution < 1.29 is 9.13 Å². The number of halogens is 2. The highest BCUT2D eigenvalue weighted by atomic mass is 35.5. The van der Waals surface area contributed by atoms with Crippen LogP contribution in [0.3, 0.4) is 0 Å². The van der Waals surface area contributed by atoms with E-state index in [0.717, 1.165) is 0 Å². The van der Waals surface area contributed by atoms with Crippen LogP contribution in [0.2, 0.25) is 5.28 Å². The molecular formula is C6H8ClFN2O. The zero-order valence-electron chi connectivity index (χ0n) is 6.05. The molecule has 0 atom stereocenters. The van der Waals surface area contributed by atoms with E-state index >= 15 is 0 Å². The molecule has 1 heterocycles. The number of rotatable bonds is 3. The monoisotopic (exact) mass is 178 g/mol. The zero-order chi connectivity index (χ0) is 8.27. The van der Waals surface area contributed by atoms with Gasteiger partial charge in [-0.15, -0.1) is 0 Å². The van der Waals surface area contributed by atoms with Crippen molar-refractivity contribution in [3.05, 3.63) is 17.4 Å². The minimum Gasteiger partial charge on any atom is -0.361 e. The quantitative estimate of drug-likeness (QED) is 0.704.